The lowest BCUT2D eigenvalue weighted by Gasteiger charge is -2.11. The van der Waals surface area contributed by atoms with E-state index in [-0.39, 0.29) is 17.9 Å². The van der Waals surface area contributed by atoms with Gasteiger partial charge < -0.3 is 9.47 Å². The third-order valence-corrected chi connectivity index (χ3v) is 4.11. The lowest BCUT2D eigenvalue weighted by Crippen LogP contribution is -2.12. The summed E-state index contributed by atoms with van der Waals surface area (Å²) in [7, 11) is 1.61. The van der Waals surface area contributed by atoms with Crippen LogP contribution in [0.25, 0.3) is 23.1 Å². The first-order chi connectivity index (χ1) is 13.2. The Hall–Kier alpha value is -3.47. The number of aromatic nitrogens is 1. The van der Waals surface area contributed by atoms with Crippen LogP contribution in [0.3, 0.4) is 0 Å². The number of ether oxygens (including phenoxy) is 2. The number of pyridine rings is 1. The van der Waals surface area contributed by atoms with E-state index in [0.29, 0.717) is 17.4 Å². The van der Waals surface area contributed by atoms with E-state index in [1.54, 1.807) is 14.0 Å². The molecule has 0 fully saturated rings. The lowest BCUT2D eigenvalue weighted by molar-refractivity contribution is 0.0523. The molecule has 1 aromatic heterocycles. The van der Waals surface area contributed by atoms with Crippen molar-refractivity contribution in [2.24, 2.45) is 0 Å². The summed E-state index contributed by atoms with van der Waals surface area (Å²) in [4.78, 5) is 28.4. The van der Waals surface area contributed by atoms with Crippen LogP contribution >= 0.6 is 0 Å². The molecule has 5 nitrogen and oxygen atoms in total. The molecular formula is C22H19NO4. The van der Waals surface area contributed by atoms with E-state index in [4.69, 9.17) is 9.47 Å². The molecule has 27 heavy (non-hydrogen) atoms. The SMILES string of the molecule is CCOC(=O)c1c(C=O)nc2ccccc2c1/C=C/c1ccc(OC)cc1. The number of para-hydroxylation sites is 1. The normalized spacial score (nSPS) is 10.9. The maximum atomic E-state index is 12.5. The third kappa shape index (κ3) is 3.87. The molecule has 136 valence electrons. The van der Waals surface area contributed by atoms with Gasteiger partial charge in [-0.3, -0.25) is 4.79 Å². The number of carbonyl (C=O) groups excluding carboxylic acids is 2. The molecule has 0 amide bonds. The van der Waals surface area contributed by atoms with Crippen LogP contribution in [0.15, 0.2) is 48.5 Å². The van der Waals surface area contributed by atoms with Gasteiger partial charge in [-0.25, -0.2) is 9.78 Å². The largest absolute Gasteiger partial charge is 0.497 e. The molecule has 0 aliphatic heterocycles. The Morgan fingerprint density at radius 1 is 1.07 bits per heavy atom. The maximum absolute atomic E-state index is 12.5. The van der Waals surface area contributed by atoms with Crippen molar-refractivity contribution in [1.82, 2.24) is 4.98 Å². The van der Waals surface area contributed by atoms with E-state index in [1.807, 2.05) is 60.7 Å². The number of methoxy groups -OCH3 is 1. The van der Waals surface area contributed by atoms with E-state index in [9.17, 15) is 9.59 Å². The lowest BCUT2D eigenvalue weighted by atomic mass is 9.99. The standard InChI is InChI=1S/C22H19NO4/c1-3-27-22(25)21-18(13-10-15-8-11-16(26-2)12-9-15)17-6-4-5-7-19(17)23-20(21)14-24/h4-14H,3H2,1-2H3/b13-10+. The van der Waals surface area contributed by atoms with Crippen molar-refractivity contribution >= 4 is 35.3 Å². The van der Waals surface area contributed by atoms with Crippen LogP contribution in [0.1, 0.15) is 38.9 Å². The molecule has 0 saturated carbocycles. The van der Waals surface area contributed by atoms with Crippen LogP contribution in [0.2, 0.25) is 0 Å². The summed E-state index contributed by atoms with van der Waals surface area (Å²) in [5.74, 6) is 0.198. The first kappa shape index (κ1) is 18.3. The number of hydrogen-bond donors (Lipinski definition) is 0. The predicted molar refractivity (Wildman–Crippen MR) is 105 cm³/mol. The second kappa shape index (κ2) is 8.27. The molecule has 3 aromatic rings. The summed E-state index contributed by atoms with van der Waals surface area (Å²) in [6, 6.07) is 14.9. The molecule has 1 heterocycles. The van der Waals surface area contributed by atoms with Crippen LogP contribution in [-0.4, -0.2) is 31.0 Å². The van der Waals surface area contributed by atoms with Crippen LogP contribution < -0.4 is 4.74 Å². The van der Waals surface area contributed by atoms with Crippen molar-refractivity contribution in [3.63, 3.8) is 0 Å². The Bertz CT molecular complexity index is 1010. The van der Waals surface area contributed by atoms with Gasteiger partial charge in [0, 0.05) is 10.9 Å². The summed E-state index contributed by atoms with van der Waals surface area (Å²) in [6.45, 7) is 1.94. The molecule has 0 radical (unpaired) electrons. The van der Waals surface area contributed by atoms with Crippen LogP contribution in [0, 0.1) is 0 Å². The van der Waals surface area contributed by atoms with Crippen molar-refractivity contribution in [3.8, 4) is 5.75 Å². The maximum Gasteiger partial charge on any atom is 0.341 e. The second-order valence-corrected chi connectivity index (χ2v) is 5.75. The highest BCUT2D eigenvalue weighted by atomic mass is 16.5. The summed E-state index contributed by atoms with van der Waals surface area (Å²) >= 11 is 0. The Morgan fingerprint density at radius 2 is 1.81 bits per heavy atom. The van der Waals surface area contributed by atoms with Gasteiger partial charge in [0.2, 0.25) is 0 Å². The molecule has 0 saturated heterocycles. The van der Waals surface area contributed by atoms with Gasteiger partial charge in [-0.05, 0) is 30.7 Å². The van der Waals surface area contributed by atoms with Gasteiger partial charge in [-0.15, -0.1) is 0 Å². The van der Waals surface area contributed by atoms with Gasteiger partial charge in [0.25, 0.3) is 0 Å². The van der Waals surface area contributed by atoms with Gasteiger partial charge >= 0.3 is 5.97 Å². The molecule has 0 bridgehead atoms. The Morgan fingerprint density at radius 3 is 2.48 bits per heavy atom. The van der Waals surface area contributed by atoms with Gasteiger partial charge in [0.1, 0.15) is 11.4 Å². The highest BCUT2D eigenvalue weighted by Gasteiger charge is 2.20. The molecule has 0 N–H and O–H groups in total. The average Bonchev–Trinajstić information content (AvgIpc) is 2.71. The zero-order valence-electron chi connectivity index (χ0n) is 15.1. The monoisotopic (exact) mass is 361 g/mol. The smallest absolute Gasteiger partial charge is 0.341 e. The summed E-state index contributed by atoms with van der Waals surface area (Å²) in [6.07, 6.45) is 4.27. The number of rotatable bonds is 6. The van der Waals surface area contributed by atoms with Crippen LogP contribution in [0.5, 0.6) is 5.75 Å². The number of aldehydes is 1. The van der Waals surface area contributed by atoms with E-state index in [2.05, 4.69) is 4.98 Å². The Kier molecular flexibility index (Phi) is 5.61. The zero-order valence-corrected chi connectivity index (χ0v) is 15.1. The minimum Gasteiger partial charge on any atom is -0.497 e. The highest BCUT2D eigenvalue weighted by Crippen LogP contribution is 2.26. The molecule has 0 aliphatic carbocycles. The van der Waals surface area contributed by atoms with Crippen molar-refractivity contribution in [3.05, 3.63) is 70.9 Å². The van der Waals surface area contributed by atoms with Crippen molar-refractivity contribution in [2.75, 3.05) is 13.7 Å². The molecule has 0 atom stereocenters. The third-order valence-electron chi connectivity index (χ3n) is 4.11. The van der Waals surface area contributed by atoms with E-state index in [1.165, 1.54) is 0 Å². The van der Waals surface area contributed by atoms with Crippen LogP contribution in [0.4, 0.5) is 0 Å². The van der Waals surface area contributed by atoms with Crippen molar-refractivity contribution in [1.29, 1.82) is 0 Å². The predicted octanol–water partition coefficient (Wildman–Crippen LogP) is 4.40. The summed E-state index contributed by atoms with van der Waals surface area (Å²) in [5, 5.41) is 0.774. The zero-order chi connectivity index (χ0) is 19.2. The minimum atomic E-state index is -0.563. The molecular weight excluding hydrogens is 342 g/mol. The molecule has 2 aromatic carbocycles. The molecule has 0 spiro atoms. The molecule has 3 rings (SSSR count). The average molecular weight is 361 g/mol. The second-order valence-electron chi connectivity index (χ2n) is 5.75. The number of benzene rings is 2. The van der Waals surface area contributed by atoms with Gasteiger partial charge in [0.05, 0.1) is 24.8 Å². The number of esters is 1. The fourth-order valence-electron chi connectivity index (χ4n) is 2.83. The van der Waals surface area contributed by atoms with Crippen LogP contribution in [-0.2, 0) is 4.74 Å². The number of nitrogens with zero attached hydrogens (tertiary/aromatic N) is 1. The number of carbonyl (C=O) groups is 2. The molecule has 5 heteroatoms. The number of hydrogen-bond acceptors (Lipinski definition) is 5. The summed E-state index contributed by atoms with van der Waals surface area (Å²) < 4.78 is 10.3. The fraction of sp³-hybridized carbons (Fsp3) is 0.136. The van der Waals surface area contributed by atoms with E-state index >= 15 is 0 Å². The number of fused-ring (bicyclic) bond motifs is 1. The Labute approximate surface area is 157 Å². The van der Waals surface area contributed by atoms with E-state index in [0.717, 1.165) is 16.7 Å². The van der Waals surface area contributed by atoms with Crippen molar-refractivity contribution < 1.29 is 19.1 Å². The van der Waals surface area contributed by atoms with E-state index < -0.39 is 5.97 Å². The Balaban J connectivity index is 2.17. The molecule has 0 aliphatic rings. The van der Waals surface area contributed by atoms with Gasteiger partial charge in [0.15, 0.2) is 6.29 Å². The van der Waals surface area contributed by atoms with Gasteiger partial charge in [-0.2, -0.15) is 0 Å². The first-order valence-corrected chi connectivity index (χ1v) is 8.55. The topological polar surface area (TPSA) is 65.5 Å². The van der Waals surface area contributed by atoms with Gasteiger partial charge in [-0.1, -0.05) is 42.5 Å². The minimum absolute atomic E-state index is 0.0709. The first-order valence-electron chi connectivity index (χ1n) is 8.55. The fourth-order valence-corrected chi connectivity index (χ4v) is 2.83. The van der Waals surface area contributed by atoms with Crippen molar-refractivity contribution in [2.45, 2.75) is 6.92 Å². The quantitative estimate of drug-likeness (QED) is 0.481. The highest BCUT2D eigenvalue weighted by molar-refractivity contribution is 6.07. The molecule has 0 unspecified atom stereocenters. The summed E-state index contributed by atoms with van der Waals surface area (Å²) in [5.41, 5.74) is 2.43.